The van der Waals surface area contributed by atoms with Gasteiger partial charge in [0.2, 0.25) is 11.5 Å². The molecule has 2 rings (SSSR count). The Balaban J connectivity index is 2.45. The summed E-state index contributed by atoms with van der Waals surface area (Å²) in [5.41, 5.74) is -0.286. The van der Waals surface area contributed by atoms with Crippen molar-refractivity contribution in [2.45, 2.75) is 0 Å². The fourth-order valence-electron chi connectivity index (χ4n) is 1.61. The van der Waals surface area contributed by atoms with E-state index < -0.39 is 10.7 Å². The van der Waals surface area contributed by atoms with Crippen molar-refractivity contribution >= 4 is 21.6 Å². The molecule has 5 nitrogen and oxygen atoms in total. The Kier molecular flexibility index (Phi) is 4.19. The van der Waals surface area contributed by atoms with Crippen molar-refractivity contribution in [3.63, 3.8) is 0 Å². The molecule has 0 aliphatic carbocycles. The van der Waals surface area contributed by atoms with Crippen LogP contribution in [0.3, 0.4) is 0 Å². The lowest BCUT2D eigenvalue weighted by molar-refractivity contribution is -0.386. The van der Waals surface area contributed by atoms with Crippen LogP contribution in [0.2, 0.25) is 0 Å². The zero-order chi connectivity index (χ0) is 14.7. The van der Waals surface area contributed by atoms with Gasteiger partial charge in [-0.1, -0.05) is 6.07 Å². The van der Waals surface area contributed by atoms with Crippen molar-refractivity contribution in [1.29, 1.82) is 0 Å². The molecule has 0 radical (unpaired) electrons. The van der Waals surface area contributed by atoms with Gasteiger partial charge in [-0.25, -0.2) is 4.39 Å². The van der Waals surface area contributed by atoms with Gasteiger partial charge in [0.05, 0.1) is 16.5 Å². The number of nitro benzene ring substituents is 1. The molecule has 0 fully saturated rings. The molecule has 7 heteroatoms. The maximum Gasteiger partial charge on any atom is 0.352 e. The fraction of sp³-hybridized carbons (Fsp3) is 0.0769. The first kappa shape index (κ1) is 14.3. The number of methoxy groups -OCH3 is 1. The molecule has 20 heavy (non-hydrogen) atoms. The summed E-state index contributed by atoms with van der Waals surface area (Å²) in [6.45, 7) is 0. The Bertz CT molecular complexity index is 663. The fourth-order valence-corrected chi connectivity index (χ4v) is 2.04. The Morgan fingerprint density at radius 2 is 1.90 bits per heavy atom. The van der Waals surface area contributed by atoms with Crippen molar-refractivity contribution in [3.8, 4) is 17.2 Å². The van der Waals surface area contributed by atoms with Gasteiger partial charge >= 0.3 is 5.69 Å². The van der Waals surface area contributed by atoms with E-state index in [1.54, 1.807) is 6.07 Å². The highest BCUT2D eigenvalue weighted by Gasteiger charge is 2.22. The summed E-state index contributed by atoms with van der Waals surface area (Å²) in [5, 5.41) is 11.1. The van der Waals surface area contributed by atoms with Gasteiger partial charge in [-0.15, -0.1) is 0 Å². The van der Waals surface area contributed by atoms with Crippen molar-refractivity contribution in [3.05, 3.63) is 56.8 Å². The highest BCUT2D eigenvalue weighted by atomic mass is 79.9. The normalized spacial score (nSPS) is 10.2. The maximum absolute atomic E-state index is 13.0. The SMILES string of the molecule is COc1cccc(Oc2ccc(F)cc2Br)c1[N+](=O)[O-]. The minimum Gasteiger partial charge on any atom is -0.490 e. The number of benzene rings is 2. The van der Waals surface area contributed by atoms with E-state index in [-0.39, 0.29) is 22.9 Å². The van der Waals surface area contributed by atoms with Crippen LogP contribution in [0.5, 0.6) is 17.2 Å². The van der Waals surface area contributed by atoms with Crippen LogP contribution in [0.1, 0.15) is 0 Å². The first-order valence-corrected chi connectivity index (χ1v) is 6.26. The predicted octanol–water partition coefficient (Wildman–Crippen LogP) is 4.30. The highest BCUT2D eigenvalue weighted by Crippen LogP contribution is 2.40. The molecular weight excluding hydrogens is 333 g/mol. The summed E-state index contributed by atoms with van der Waals surface area (Å²) in [7, 11) is 1.33. The Hall–Kier alpha value is -2.15. The van der Waals surface area contributed by atoms with Gasteiger partial charge < -0.3 is 9.47 Å². The van der Waals surface area contributed by atoms with Crippen molar-refractivity contribution in [2.24, 2.45) is 0 Å². The van der Waals surface area contributed by atoms with Crippen molar-refractivity contribution in [1.82, 2.24) is 0 Å². The molecule has 0 spiro atoms. The quantitative estimate of drug-likeness (QED) is 0.614. The predicted molar refractivity (Wildman–Crippen MR) is 73.8 cm³/mol. The molecule has 0 unspecified atom stereocenters. The van der Waals surface area contributed by atoms with E-state index in [0.717, 1.165) is 0 Å². The molecule has 0 saturated carbocycles. The van der Waals surface area contributed by atoms with E-state index in [4.69, 9.17) is 9.47 Å². The van der Waals surface area contributed by atoms with Gasteiger partial charge in [-0.05, 0) is 46.3 Å². The third-order valence-electron chi connectivity index (χ3n) is 2.48. The summed E-state index contributed by atoms with van der Waals surface area (Å²) in [5.74, 6) is -0.0699. The number of rotatable bonds is 4. The third-order valence-corrected chi connectivity index (χ3v) is 3.10. The minimum absolute atomic E-state index is 0.0154. The summed E-state index contributed by atoms with van der Waals surface area (Å²) in [6.07, 6.45) is 0. The number of para-hydroxylation sites is 1. The van der Waals surface area contributed by atoms with E-state index in [1.807, 2.05) is 0 Å². The lowest BCUT2D eigenvalue weighted by Crippen LogP contribution is -1.97. The number of hydrogen-bond donors (Lipinski definition) is 0. The summed E-state index contributed by atoms with van der Waals surface area (Å²) >= 11 is 3.14. The van der Waals surface area contributed by atoms with Crippen LogP contribution in [0.4, 0.5) is 10.1 Å². The van der Waals surface area contributed by atoms with Crippen LogP contribution in [0.25, 0.3) is 0 Å². The largest absolute Gasteiger partial charge is 0.490 e. The minimum atomic E-state index is -0.592. The van der Waals surface area contributed by atoms with Gasteiger partial charge in [-0.3, -0.25) is 10.1 Å². The van der Waals surface area contributed by atoms with Crippen LogP contribution in [0, 0.1) is 15.9 Å². The second-order valence-electron chi connectivity index (χ2n) is 3.74. The lowest BCUT2D eigenvalue weighted by Gasteiger charge is -2.10. The molecule has 104 valence electrons. The molecule has 0 bridgehead atoms. The third kappa shape index (κ3) is 2.88. The number of ether oxygens (including phenoxy) is 2. The molecule has 2 aromatic rings. The summed E-state index contributed by atoms with van der Waals surface area (Å²) in [6, 6.07) is 8.26. The number of nitrogens with zero attached hydrogens (tertiary/aromatic N) is 1. The smallest absolute Gasteiger partial charge is 0.352 e. The van der Waals surface area contributed by atoms with E-state index in [1.165, 1.54) is 37.4 Å². The number of hydrogen-bond acceptors (Lipinski definition) is 4. The average molecular weight is 342 g/mol. The summed E-state index contributed by atoms with van der Waals surface area (Å²) < 4.78 is 23.8. The van der Waals surface area contributed by atoms with Gasteiger partial charge in [-0.2, -0.15) is 0 Å². The van der Waals surface area contributed by atoms with Crippen LogP contribution in [-0.4, -0.2) is 12.0 Å². The molecule has 0 aliphatic rings. The van der Waals surface area contributed by atoms with Gasteiger partial charge in [0.25, 0.3) is 0 Å². The first-order chi connectivity index (χ1) is 9.52. The Labute approximate surface area is 122 Å². The molecule has 0 saturated heterocycles. The molecule has 0 atom stereocenters. The molecule has 0 amide bonds. The Morgan fingerprint density at radius 1 is 1.20 bits per heavy atom. The topological polar surface area (TPSA) is 61.6 Å². The van der Waals surface area contributed by atoms with Crippen LogP contribution in [-0.2, 0) is 0 Å². The second-order valence-corrected chi connectivity index (χ2v) is 4.60. The van der Waals surface area contributed by atoms with E-state index >= 15 is 0 Å². The highest BCUT2D eigenvalue weighted by molar-refractivity contribution is 9.10. The van der Waals surface area contributed by atoms with Crippen LogP contribution in [0.15, 0.2) is 40.9 Å². The van der Waals surface area contributed by atoms with E-state index in [2.05, 4.69) is 15.9 Å². The molecule has 2 aromatic carbocycles. The van der Waals surface area contributed by atoms with Crippen LogP contribution < -0.4 is 9.47 Å². The first-order valence-electron chi connectivity index (χ1n) is 5.47. The van der Waals surface area contributed by atoms with E-state index in [0.29, 0.717) is 4.47 Å². The summed E-state index contributed by atoms with van der Waals surface area (Å²) in [4.78, 5) is 10.5. The zero-order valence-electron chi connectivity index (χ0n) is 10.3. The maximum atomic E-state index is 13.0. The number of halogens is 2. The monoisotopic (exact) mass is 341 g/mol. The van der Waals surface area contributed by atoms with Gasteiger partial charge in [0.15, 0.2) is 0 Å². The van der Waals surface area contributed by atoms with Crippen molar-refractivity contribution in [2.75, 3.05) is 7.11 Å². The van der Waals surface area contributed by atoms with Crippen LogP contribution >= 0.6 is 15.9 Å². The lowest BCUT2D eigenvalue weighted by atomic mass is 10.2. The molecular formula is C13H9BrFNO4. The average Bonchev–Trinajstić information content (AvgIpc) is 2.41. The Morgan fingerprint density at radius 3 is 2.50 bits per heavy atom. The van der Waals surface area contributed by atoms with Gasteiger partial charge in [0, 0.05) is 0 Å². The molecule has 0 heterocycles. The standard InChI is InChI=1S/C13H9BrFNO4/c1-19-11-3-2-4-12(13(11)16(17)18)20-10-6-5-8(15)7-9(10)14/h2-7H,1H3. The van der Waals surface area contributed by atoms with E-state index in [9.17, 15) is 14.5 Å². The molecule has 0 aliphatic heterocycles. The number of nitro groups is 1. The zero-order valence-corrected chi connectivity index (χ0v) is 11.9. The second kappa shape index (κ2) is 5.87. The van der Waals surface area contributed by atoms with Crippen molar-refractivity contribution < 1.29 is 18.8 Å². The molecule has 0 N–H and O–H groups in total. The van der Waals surface area contributed by atoms with Gasteiger partial charge in [0.1, 0.15) is 11.6 Å². The molecule has 0 aromatic heterocycles.